The Kier molecular flexibility index (Phi) is 5.46. The highest BCUT2D eigenvalue weighted by atomic mass is 16.5. The first-order valence-corrected chi connectivity index (χ1v) is 8.45. The first-order valence-electron chi connectivity index (χ1n) is 8.45. The number of benzene rings is 2. The molecule has 1 heterocycles. The van der Waals surface area contributed by atoms with Crippen LogP contribution in [-0.4, -0.2) is 43.0 Å². The number of amides is 2. The number of carbonyl (C=O) groups is 2. The lowest BCUT2D eigenvalue weighted by molar-refractivity contribution is -0.136. The molecule has 2 amide bonds. The average molecular weight is 338 g/mol. The molecule has 0 bridgehead atoms. The van der Waals surface area contributed by atoms with Crippen molar-refractivity contribution in [1.82, 2.24) is 4.90 Å². The van der Waals surface area contributed by atoms with Gasteiger partial charge in [0.1, 0.15) is 0 Å². The number of hydrogen-bond donors (Lipinski definition) is 1. The Labute approximate surface area is 147 Å². The van der Waals surface area contributed by atoms with Crippen molar-refractivity contribution >= 4 is 11.8 Å². The summed E-state index contributed by atoms with van der Waals surface area (Å²) < 4.78 is 5.35. The molecule has 130 valence electrons. The highest BCUT2D eigenvalue weighted by Crippen LogP contribution is 2.25. The van der Waals surface area contributed by atoms with Crippen molar-refractivity contribution in [3.63, 3.8) is 0 Å². The van der Waals surface area contributed by atoms with Crippen LogP contribution in [0.2, 0.25) is 0 Å². The molecule has 0 radical (unpaired) electrons. The molecule has 5 nitrogen and oxygen atoms in total. The van der Waals surface area contributed by atoms with Crippen LogP contribution in [0.15, 0.2) is 54.6 Å². The van der Waals surface area contributed by atoms with E-state index in [0.29, 0.717) is 38.3 Å². The maximum atomic E-state index is 13.1. The second kappa shape index (κ2) is 7.94. The standard InChI is InChI=1S/C20H22N2O3/c21-19(23)17-8-4-7-16(14-17)18(13-15-5-2-1-3-6-15)20(24)22-9-11-25-12-10-22/h1-8,14,18H,9-13H2,(H2,21,23). The van der Waals surface area contributed by atoms with E-state index in [1.165, 1.54) is 0 Å². The molecule has 2 aromatic rings. The van der Waals surface area contributed by atoms with Crippen molar-refractivity contribution in [3.05, 3.63) is 71.3 Å². The normalized spacial score (nSPS) is 15.6. The Morgan fingerprint density at radius 2 is 1.76 bits per heavy atom. The van der Waals surface area contributed by atoms with Crippen molar-refractivity contribution in [3.8, 4) is 0 Å². The lowest BCUT2D eigenvalue weighted by Gasteiger charge is -2.31. The predicted octanol–water partition coefficient (Wildman–Crippen LogP) is 1.97. The SMILES string of the molecule is NC(=O)c1cccc(C(Cc2ccccc2)C(=O)N2CCOCC2)c1. The number of nitrogens with zero attached hydrogens (tertiary/aromatic N) is 1. The molecular formula is C20H22N2O3. The van der Waals surface area contributed by atoms with E-state index in [9.17, 15) is 9.59 Å². The van der Waals surface area contributed by atoms with E-state index < -0.39 is 5.91 Å². The monoisotopic (exact) mass is 338 g/mol. The Hall–Kier alpha value is -2.66. The number of primary amides is 1. The molecule has 1 atom stereocenters. The summed E-state index contributed by atoms with van der Waals surface area (Å²) in [5.74, 6) is -0.771. The third kappa shape index (κ3) is 4.25. The first-order chi connectivity index (χ1) is 12.1. The zero-order valence-corrected chi connectivity index (χ0v) is 14.1. The van der Waals surface area contributed by atoms with E-state index in [2.05, 4.69) is 0 Å². The summed E-state index contributed by atoms with van der Waals surface area (Å²) in [6, 6.07) is 17.0. The first kappa shape index (κ1) is 17.2. The number of rotatable bonds is 5. The van der Waals surface area contributed by atoms with Gasteiger partial charge in [0, 0.05) is 18.7 Å². The van der Waals surface area contributed by atoms with Crippen molar-refractivity contribution in [2.45, 2.75) is 12.3 Å². The molecule has 0 aromatic heterocycles. The van der Waals surface area contributed by atoms with Crippen LogP contribution in [0.3, 0.4) is 0 Å². The quantitative estimate of drug-likeness (QED) is 0.906. The highest BCUT2D eigenvalue weighted by Gasteiger charge is 2.27. The summed E-state index contributed by atoms with van der Waals surface area (Å²) in [6.07, 6.45) is 0.583. The fraction of sp³-hybridized carbons (Fsp3) is 0.300. The van der Waals surface area contributed by atoms with Gasteiger partial charge in [0.05, 0.1) is 19.1 Å². The van der Waals surface area contributed by atoms with Gasteiger partial charge < -0.3 is 15.4 Å². The van der Waals surface area contributed by atoms with Crippen LogP contribution in [0.4, 0.5) is 0 Å². The molecule has 1 aliphatic heterocycles. The smallest absolute Gasteiger partial charge is 0.248 e. The fourth-order valence-corrected chi connectivity index (χ4v) is 3.11. The van der Waals surface area contributed by atoms with Gasteiger partial charge >= 0.3 is 0 Å². The highest BCUT2D eigenvalue weighted by molar-refractivity contribution is 5.93. The molecule has 0 aliphatic carbocycles. The van der Waals surface area contributed by atoms with Crippen LogP contribution in [0.5, 0.6) is 0 Å². The van der Waals surface area contributed by atoms with Crippen LogP contribution >= 0.6 is 0 Å². The fourth-order valence-electron chi connectivity index (χ4n) is 3.11. The molecule has 25 heavy (non-hydrogen) atoms. The minimum atomic E-state index is -0.487. The molecule has 1 unspecified atom stereocenters. The number of morpholine rings is 1. The number of nitrogens with two attached hydrogens (primary N) is 1. The van der Waals surface area contributed by atoms with E-state index in [-0.39, 0.29) is 11.8 Å². The van der Waals surface area contributed by atoms with Gasteiger partial charge in [-0.1, -0.05) is 42.5 Å². The molecule has 1 saturated heterocycles. The van der Waals surface area contributed by atoms with Gasteiger partial charge in [-0.3, -0.25) is 9.59 Å². The van der Waals surface area contributed by atoms with Crippen LogP contribution in [-0.2, 0) is 16.0 Å². The Morgan fingerprint density at radius 3 is 2.44 bits per heavy atom. The number of carbonyl (C=O) groups excluding carboxylic acids is 2. The average Bonchev–Trinajstić information content (AvgIpc) is 2.67. The summed E-state index contributed by atoms with van der Waals surface area (Å²) in [7, 11) is 0. The van der Waals surface area contributed by atoms with Gasteiger partial charge in [-0.25, -0.2) is 0 Å². The minimum absolute atomic E-state index is 0.0637. The third-order valence-corrected chi connectivity index (χ3v) is 4.48. The van der Waals surface area contributed by atoms with Gasteiger partial charge in [-0.15, -0.1) is 0 Å². The van der Waals surface area contributed by atoms with Crippen molar-refractivity contribution in [2.75, 3.05) is 26.3 Å². The van der Waals surface area contributed by atoms with Crippen LogP contribution < -0.4 is 5.73 Å². The summed E-state index contributed by atoms with van der Waals surface area (Å²) in [5.41, 5.74) is 7.72. The molecule has 3 rings (SSSR count). The Balaban J connectivity index is 1.91. The van der Waals surface area contributed by atoms with Crippen LogP contribution in [0.1, 0.15) is 27.4 Å². The largest absolute Gasteiger partial charge is 0.378 e. The van der Waals surface area contributed by atoms with Gasteiger partial charge in [0.25, 0.3) is 0 Å². The summed E-state index contributed by atoms with van der Waals surface area (Å²) in [4.78, 5) is 26.5. The van der Waals surface area contributed by atoms with E-state index in [1.54, 1.807) is 18.2 Å². The van der Waals surface area contributed by atoms with Crippen molar-refractivity contribution < 1.29 is 14.3 Å². The van der Waals surface area contributed by atoms with E-state index in [1.807, 2.05) is 41.3 Å². The van der Waals surface area contributed by atoms with Gasteiger partial charge in [-0.2, -0.15) is 0 Å². The second-order valence-corrected chi connectivity index (χ2v) is 6.17. The zero-order chi connectivity index (χ0) is 17.6. The zero-order valence-electron chi connectivity index (χ0n) is 14.1. The van der Waals surface area contributed by atoms with Crippen LogP contribution in [0, 0.1) is 0 Å². The molecule has 2 N–H and O–H groups in total. The van der Waals surface area contributed by atoms with Gasteiger partial charge in [0.15, 0.2) is 0 Å². The van der Waals surface area contributed by atoms with Crippen molar-refractivity contribution in [2.24, 2.45) is 5.73 Å². The van der Waals surface area contributed by atoms with E-state index >= 15 is 0 Å². The summed E-state index contributed by atoms with van der Waals surface area (Å²) >= 11 is 0. The molecule has 0 spiro atoms. The molecular weight excluding hydrogens is 316 g/mol. The summed E-state index contributed by atoms with van der Waals surface area (Å²) in [5, 5.41) is 0. The summed E-state index contributed by atoms with van der Waals surface area (Å²) in [6.45, 7) is 2.31. The molecule has 0 saturated carbocycles. The third-order valence-electron chi connectivity index (χ3n) is 4.48. The maximum absolute atomic E-state index is 13.1. The van der Waals surface area contributed by atoms with E-state index in [4.69, 9.17) is 10.5 Å². The van der Waals surface area contributed by atoms with Gasteiger partial charge in [0.2, 0.25) is 11.8 Å². The molecule has 1 fully saturated rings. The maximum Gasteiger partial charge on any atom is 0.248 e. The predicted molar refractivity (Wildman–Crippen MR) is 95.2 cm³/mol. The second-order valence-electron chi connectivity index (χ2n) is 6.17. The Bertz CT molecular complexity index is 740. The van der Waals surface area contributed by atoms with E-state index in [0.717, 1.165) is 11.1 Å². The minimum Gasteiger partial charge on any atom is -0.378 e. The number of hydrogen-bond acceptors (Lipinski definition) is 3. The molecule has 2 aromatic carbocycles. The molecule has 5 heteroatoms. The molecule has 1 aliphatic rings. The van der Waals surface area contributed by atoms with Gasteiger partial charge in [-0.05, 0) is 29.7 Å². The lowest BCUT2D eigenvalue weighted by atomic mass is 9.89. The van der Waals surface area contributed by atoms with Crippen molar-refractivity contribution in [1.29, 1.82) is 0 Å². The number of ether oxygens (including phenoxy) is 1. The van der Waals surface area contributed by atoms with Crippen LogP contribution in [0.25, 0.3) is 0 Å². The Morgan fingerprint density at radius 1 is 1.04 bits per heavy atom. The topological polar surface area (TPSA) is 72.6 Å². The lowest BCUT2D eigenvalue weighted by Crippen LogP contribution is -2.43.